The van der Waals surface area contributed by atoms with Gasteiger partial charge in [0.2, 0.25) is 5.91 Å². The Kier molecular flexibility index (Phi) is 4.53. The zero-order valence-corrected chi connectivity index (χ0v) is 15.7. The van der Waals surface area contributed by atoms with E-state index in [1.54, 1.807) is 6.92 Å². The Morgan fingerprint density at radius 1 is 1.23 bits per heavy atom. The summed E-state index contributed by atoms with van der Waals surface area (Å²) in [7, 11) is 0. The molecule has 1 aromatic heterocycles. The van der Waals surface area contributed by atoms with E-state index in [1.165, 1.54) is 0 Å². The molecule has 0 bridgehead atoms. The Hall–Kier alpha value is -1.85. The van der Waals surface area contributed by atoms with Crippen LogP contribution in [0.2, 0.25) is 5.02 Å². The fraction of sp³-hybridized carbons (Fsp3) is 0.500. The van der Waals surface area contributed by atoms with E-state index >= 15 is 0 Å². The lowest BCUT2D eigenvalue weighted by molar-refractivity contribution is -0.141. The number of carbonyl (C=O) groups excluding carboxylic acids is 1. The summed E-state index contributed by atoms with van der Waals surface area (Å²) in [6.45, 7) is 3.78. The molecule has 1 N–H and O–H groups in total. The maximum absolute atomic E-state index is 13.5. The Bertz CT molecular complexity index is 809. The minimum Gasteiger partial charge on any atom is -0.387 e. The summed E-state index contributed by atoms with van der Waals surface area (Å²) in [5.74, 6) is 0.208. The van der Waals surface area contributed by atoms with Crippen molar-refractivity contribution in [3.05, 3.63) is 52.3 Å². The highest BCUT2D eigenvalue weighted by Crippen LogP contribution is 2.45. The van der Waals surface area contributed by atoms with Crippen LogP contribution in [0.1, 0.15) is 55.7 Å². The average molecular weight is 374 g/mol. The normalized spacial score (nSPS) is 20.0. The molecule has 1 fully saturated rings. The number of rotatable bonds is 3. The summed E-state index contributed by atoms with van der Waals surface area (Å²) in [5.41, 5.74) is 2.33. The molecule has 0 unspecified atom stereocenters. The summed E-state index contributed by atoms with van der Waals surface area (Å²) in [6, 6.07) is 9.65. The van der Waals surface area contributed by atoms with E-state index in [4.69, 9.17) is 11.6 Å². The molecule has 6 heteroatoms. The van der Waals surface area contributed by atoms with Gasteiger partial charge in [0.1, 0.15) is 0 Å². The molecule has 0 saturated heterocycles. The van der Waals surface area contributed by atoms with Crippen LogP contribution in [-0.2, 0) is 23.3 Å². The van der Waals surface area contributed by atoms with Gasteiger partial charge in [-0.2, -0.15) is 5.10 Å². The smallest absolute Gasteiger partial charge is 0.233 e. The largest absolute Gasteiger partial charge is 0.387 e. The highest BCUT2D eigenvalue weighted by Gasteiger charge is 2.47. The van der Waals surface area contributed by atoms with Crippen molar-refractivity contribution in [2.24, 2.45) is 0 Å². The lowest BCUT2D eigenvalue weighted by Gasteiger charge is -2.43. The summed E-state index contributed by atoms with van der Waals surface area (Å²) >= 11 is 6.03. The summed E-state index contributed by atoms with van der Waals surface area (Å²) in [4.78, 5) is 15.5. The van der Waals surface area contributed by atoms with Crippen LogP contribution in [0.5, 0.6) is 0 Å². The molecule has 1 amide bonds. The van der Waals surface area contributed by atoms with Gasteiger partial charge in [-0.15, -0.1) is 0 Å². The second-order valence-electron chi connectivity index (χ2n) is 7.48. The zero-order chi connectivity index (χ0) is 18.3. The van der Waals surface area contributed by atoms with Crippen LogP contribution in [0.4, 0.5) is 0 Å². The van der Waals surface area contributed by atoms with Gasteiger partial charge in [-0.1, -0.05) is 30.2 Å². The number of aryl methyl sites for hydroxylation is 1. The highest BCUT2D eigenvalue weighted by atomic mass is 35.5. The highest BCUT2D eigenvalue weighted by molar-refractivity contribution is 6.30. The third-order valence-electron chi connectivity index (χ3n) is 5.76. The van der Waals surface area contributed by atoms with E-state index in [-0.39, 0.29) is 5.91 Å². The van der Waals surface area contributed by atoms with Gasteiger partial charge in [0.25, 0.3) is 0 Å². The first-order chi connectivity index (χ1) is 12.5. The molecule has 26 heavy (non-hydrogen) atoms. The Morgan fingerprint density at radius 3 is 2.58 bits per heavy atom. The molecule has 2 aromatic rings. The first kappa shape index (κ1) is 17.6. The SMILES string of the molecule is C[C@H](O)c1cc2n(n1)CCCN(C(=O)C1(c3ccc(Cl)cc3)CCC1)C2. The van der Waals surface area contributed by atoms with Gasteiger partial charge in [-0.25, -0.2) is 0 Å². The van der Waals surface area contributed by atoms with Crippen LogP contribution in [0.25, 0.3) is 0 Å². The van der Waals surface area contributed by atoms with E-state index in [2.05, 4.69) is 5.10 Å². The van der Waals surface area contributed by atoms with E-state index in [0.29, 0.717) is 17.3 Å². The number of hydrogen-bond acceptors (Lipinski definition) is 3. The van der Waals surface area contributed by atoms with Crippen LogP contribution in [0.15, 0.2) is 30.3 Å². The number of aliphatic hydroxyl groups excluding tert-OH is 1. The maximum Gasteiger partial charge on any atom is 0.233 e. The third kappa shape index (κ3) is 2.93. The second kappa shape index (κ2) is 6.71. The van der Waals surface area contributed by atoms with Gasteiger partial charge in [-0.3, -0.25) is 9.48 Å². The fourth-order valence-corrected chi connectivity index (χ4v) is 4.22. The van der Waals surface area contributed by atoms with Gasteiger partial charge < -0.3 is 10.0 Å². The quantitative estimate of drug-likeness (QED) is 0.896. The van der Waals surface area contributed by atoms with Crippen molar-refractivity contribution in [2.75, 3.05) is 6.54 Å². The zero-order valence-electron chi connectivity index (χ0n) is 15.0. The average Bonchev–Trinajstić information content (AvgIpc) is 2.87. The third-order valence-corrected chi connectivity index (χ3v) is 6.01. The number of hydrogen-bond donors (Lipinski definition) is 1. The molecule has 0 radical (unpaired) electrons. The van der Waals surface area contributed by atoms with Gasteiger partial charge in [0, 0.05) is 18.1 Å². The van der Waals surface area contributed by atoms with Crippen LogP contribution >= 0.6 is 11.6 Å². The van der Waals surface area contributed by atoms with Crippen molar-refractivity contribution in [3.63, 3.8) is 0 Å². The number of amides is 1. The molecule has 138 valence electrons. The number of nitrogens with zero attached hydrogens (tertiary/aromatic N) is 3. The lowest BCUT2D eigenvalue weighted by atomic mass is 9.63. The molecular weight excluding hydrogens is 350 g/mol. The summed E-state index contributed by atoms with van der Waals surface area (Å²) in [5, 5.41) is 15.0. The molecule has 1 aromatic carbocycles. The van der Waals surface area contributed by atoms with Crippen LogP contribution < -0.4 is 0 Å². The lowest BCUT2D eigenvalue weighted by Crippen LogP contribution is -2.50. The fourth-order valence-electron chi connectivity index (χ4n) is 4.09. The van der Waals surface area contributed by atoms with Gasteiger partial charge >= 0.3 is 0 Å². The van der Waals surface area contributed by atoms with Crippen LogP contribution in [0, 0.1) is 0 Å². The summed E-state index contributed by atoms with van der Waals surface area (Å²) < 4.78 is 1.94. The number of benzene rings is 1. The molecule has 2 aliphatic rings. The van der Waals surface area contributed by atoms with Gasteiger partial charge in [0.15, 0.2) is 0 Å². The molecule has 4 rings (SSSR count). The van der Waals surface area contributed by atoms with Crippen molar-refractivity contribution < 1.29 is 9.90 Å². The predicted octanol–water partition coefficient (Wildman–Crippen LogP) is 3.44. The first-order valence-electron chi connectivity index (χ1n) is 9.30. The Morgan fingerprint density at radius 2 is 1.96 bits per heavy atom. The Balaban J connectivity index is 1.61. The minimum absolute atomic E-state index is 0.208. The standard InChI is InChI=1S/C20H24ClN3O2/c1-14(25)18-12-17-13-23(10-3-11-24(17)22-18)19(26)20(8-2-9-20)15-4-6-16(21)7-5-15/h4-7,12,14,25H,2-3,8-11,13H2,1H3/t14-/m0/s1. The molecular formula is C20H24ClN3O2. The molecule has 5 nitrogen and oxygen atoms in total. The van der Waals surface area contributed by atoms with Gasteiger partial charge in [-0.05, 0) is 49.9 Å². The maximum atomic E-state index is 13.5. The van der Waals surface area contributed by atoms with Gasteiger partial charge in [0.05, 0.1) is 29.5 Å². The van der Waals surface area contributed by atoms with Crippen molar-refractivity contribution >= 4 is 17.5 Å². The minimum atomic E-state index is -0.592. The number of aliphatic hydroxyl groups is 1. The molecule has 1 saturated carbocycles. The molecule has 1 atom stereocenters. The predicted molar refractivity (Wildman–Crippen MR) is 99.9 cm³/mol. The number of fused-ring (bicyclic) bond motifs is 1. The molecule has 1 aliphatic heterocycles. The van der Waals surface area contributed by atoms with Crippen molar-refractivity contribution in [1.82, 2.24) is 14.7 Å². The number of halogens is 1. The monoisotopic (exact) mass is 373 g/mol. The van der Waals surface area contributed by atoms with Crippen LogP contribution in [-0.4, -0.2) is 32.2 Å². The number of carbonyl (C=O) groups is 1. The van der Waals surface area contributed by atoms with Crippen molar-refractivity contribution in [1.29, 1.82) is 0 Å². The van der Waals surface area contributed by atoms with E-state index < -0.39 is 11.5 Å². The van der Waals surface area contributed by atoms with Crippen LogP contribution in [0.3, 0.4) is 0 Å². The molecule has 0 spiro atoms. The molecule has 2 heterocycles. The van der Waals surface area contributed by atoms with E-state index in [1.807, 2.05) is 39.9 Å². The molecule has 1 aliphatic carbocycles. The van der Waals surface area contributed by atoms with E-state index in [9.17, 15) is 9.90 Å². The van der Waals surface area contributed by atoms with Crippen molar-refractivity contribution in [2.45, 2.75) is 57.2 Å². The second-order valence-corrected chi connectivity index (χ2v) is 7.92. The van der Waals surface area contributed by atoms with E-state index in [0.717, 1.165) is 50.0 Å². The topological polar surface area (TPSA) is 58.4 Å². The van der Waals surface area contributed by atoms with Crippen molar-refractivity contribution in [3.8, 4) is 0 Å². The number of aromatic nitrogens is 2. The Labute approximate surface area is 158 Å². The first-order valence-corrected chi connectivity index (χ1v) is 9.67. The summed E-state index contributed by atoms with van der Waals surface area (Å²) in [6.07, 6.45) is 3.14.